The van der Waals surface area contributed by atoms with Crippen LogP contribution in [0.15, 0.2) is 170 Å². The molecule has 0 unspecified atom stereocenters. The fourth-order valence-electron chi connectivity index (χ4n) is 6.87. The predicted molar refractivity (Wildman–Crippen MR) is 225 cm³/mol. The summed E-state index contributed by atoms with van der Waals surface area (Å²) in [7, 11) is 0. The minimum Gasteiger partial charge on any atom is -0.235 e. The summed E-state index contributed by atoms with van der Waals surface area (Å²) >= 11 is 3.32. The van der Waals surface area contributed by atoms with E-state index in [9.17, 15) is 2.74 Å². The van der Waals surface area contributed by atoms with E-state index in [1.807, 2.05) is 30.3 Å². The van der Waals surface area contributed by atoms with Crippen molar-refractivity contribution < 1.29 is 16.4 Å². The molecule has 11 aromatic rings. The molecule has 0 aliphatic carbocycles. The van der Waals surface area contributed by atoms with Crippen LogP contribution >= 0.6 is 22.7 Å². The van der Waals surface area contributed by atoms with Crippen LogP contribution in [0.1, 0.15) is 16.4 Å². The second-order valence-electron chi connectivity index (χ2n) is 12.4. The van der Waals surface area contributed by atoms with Gasteiger partial charge in [-0.3, -0.25) is 0 Å². The van der Waals surface area contributed by atoms with Crippen LogP contribution in [0.4, 0.5) is 0 Å². The molecule has 0 amide bonds. The summed E-state index contributed by atoms with van der Waals surface area (Å²) in [6.07, 6.45) is 1.54. The molecule has 3 heterocycles. The molecule has 11 rings (SSSR count). The second kappa shape index (κ2) is 11.7. The van der Waals surface area contributed by atoms with Crippen LogP contribution in [0.3, 0.4) is 0 Å². The zero-order chi connectivity index (χ0) is 44.6. The normalized spacial score (nSPS) is 15.1. The molecule has 3 aromatic heterocycles. The highest BCUT2D eigenvalue weighted by Gasteiger charge is 2.16. The average Bonchev–Trinajstić information content (AvgIpc) is 3.88. The number of aromatic nitrogens is 2. The van der Waals surface area contributed by atoms with Crippen molar-refractivity contribution in [3.63, 3.8) is 0 Å². The maximum Gasteiger partial charge on any atom is 0.116 e. The minimum absolute atomic E-state index is 0.140. The SMILES string of the molecule is [2H]c1c(-c2c([2H])c([2H])c3c([2H])c([2H])c([2H])c([2H])c3c2[2H])c([2H])c2c([2H])cc(-c3ccc4sc5c(-c6cccc(-c7cccc8c7sc7ccccc78)c6)ncnc5c4c3)c([2H])c2c1[2H]. The lowest BCUT2D eigenvalue weighted by Gasteiger charge is -2.08. The zero-order valence-electron chi connectivity index (χ0n) is 38.9. The van der Waals surface area contributed by atoms with Crippen molar-refractivity contribution in [3.05, 3.63) is 170 Å². The number of nitrogens with zero attached hydrogens (tertiary/aromatic N) is 2. The Hall–Kier alpha value is -6.20. The molecule has 242 valence electrons. The fraction of sp³-hybridized carbons (Fsp3) is 0. The Labute approximate surface area is 324 Å². The molecule has 8 aromatic carbocycles. The third kappa shape index (κ3) is 4.76. The number of hydrogen-bond donors (Lipinski definition) is 0. The quantitative estimate of drug-likeness (QED) is 0.182. The van der Waals surface area contributed by atoms with E-state index in [-0.39, 0.29) is 39.2 Å². The third-order valence-corrected chi connectivity index (χ3v) is 11.7. The van der Waals surface area contributed by atoms with Crippen LogP contribution in [-0.2, 0) is 0 Å². The van der Waals surface area contributed by atoms with Crippen molar-refractivity contribution in [1.29, 1.82) is 0 Å². The first-order valence-corrected chi connectivity index (χ1v) is 18.1. The first-order valence-electron chi connectivity index (χ1n) is 22.5. The van der Waals surface area contributed by atoms with Gasteiger partial charge in [-0.1, -0.05) is 121 Å². The highest BCUT2D eigenvalue weighted by atomic mass is 32.1. The lowest BCUT2D eigenvalue weighted by atomic mass is 9.96. The molecule has 0 radical (unpaired) electrons. The van der Waals surface area contributed by atoms with E-state index < -0.39 is 71.6 Å². The van der Waals surface area contributed by atoms with Crippen LogP contribution in [0.25, 0.3) is 107 Å². The van der Waals surface area contributed by atoms with Crippen molar-refractivity contribution in [3.8, 4) is 44.6 Å². The van der Waals surface area contributed by atoms with Crippen LogP contribution in [-0.4, -0.2) is 9.97 Å². The van der Waals surface area contributed by atoms with Gasteiger partial charge in [0.25, 0.3) is 0 Å². The monoisotopic (exact) mass is 708 g/mol. The second-order valence-corrected chi connectivity index (χ2v) is 14.5. The molecule has 0 atom stereocenters. The van der Waals surface area contributed by atoms with Gasteiger partial charge in [0, 0.05) is 35.8 Å². The largest absolute Gasteiger partial charge is 0.235 e. The molecule has 0 fully saturated rings. The van der Waals surface area contributed by atoms with Crippen molar-refractivity contribution in [2.75, 3.05) is 0 Å². The van der Waals surface area contributed by atoms with Crippen LogP contribution < -0.4 is 0 Å². The van der Waals surface area contributed by atoms with Gasteiger partial charge in [0.2, 0.25) is 0 Å². The molecular weight excluding hydrogens is 669 g/mol. The van der Waals surface area contributed by atoms with E-state index in [4.69, 9.17) is 23.7 Å². The number of rotatable bonds is 4. The Morgan fingerprint density at radius 1 is 0.442 bits per heavy atom. The molecule has 0 spiro atoms. The molecule has 0 bridgehead atoms. The van der Waals surface area contributed by atoms with Gasteiger partial charge < -0.3 is 0 Å². The predicted octanol–water partition coefficient (Wildman–Crippen LogP) is 14.2. The van der Waals surface area contributed by atoms with E-state index >= 15 is 0 Å². The lowest BCUT2D eigenvalue weighted by molar-refractivity contribution is 1.24. The summed E-state index contributed by atoms with van der Waals surface area (Å²) in [6.45, 7) is 0. The number of fused-ring (bicyclic) bond motifs is 8. The van der Waals surface area contributed by atoms with Crippen LogP contribution in [0, 0.1) is 0 Å². The first-order chi connectivity index (χ1) is 30.8. The summed E-state index contributed by atoms with van der Waals surface area (Å²) in [5.74, 6) is 0. The number of benzene rings is 8. The van der Waals surface area contributed by atoms with E-state index in [0.717, 1.165) is 37.2 Å². The van der Waals surface area contributed by atoms with Crippen LogP contribution in [0.5, 0.6) is 0 Å². The Bertz CT molecular complexity index is 3900. The van der Waals surface area contributed by atoms with Gasteiger partial charge >= 0.3 is 0 Å². The van der Waals surface area contributed by atoms with Gasteiger partial charge in [0.05, 0.1) is 32.4 Å². The maximum absolute atomic E-state index is 9.38. The minimum atomic E-state index is -0.654. The summed E-state index contributed by atoms with van der Waals surface area (Å²) in [4.78, 5) is 9.48. The third-order valence-electron chi connectivity index (χ3n) is 9.35. The van der Waals surface area contributed by atoms with E-state index in [1.54, 1.807) is 22.7 Å². The highest BCUT2D eigenvalue weighted by Crippen LogP contribution is 2.43. The molecule has 2 nitrogen and oxygen atoms in total. The summed E-state index contributed by atoms with van der Waals surface area (Å²) in [5, 5.41) is 2.27. The first kappa shape index (κ1) is 20.0. The van der Waals surface area contributed by atoms with Crippen molar-refractivity contribution in [2.45, 2.75) is 0 Å². The molecule has 0 N–H and O–H groups in total. The number of hydrogen-bond acceptors (Lipinski definition) is 4. The van der Waals surface area contributed by atoms with Gasteiger partial charge in [0.15, 0.2) is 0 Å². The van der Waals surface area contributed by atoms with Gasteiger partial charge in [0.1, 0.15) is 6.33 Å². The van der Waals surface area contributed by atoms with Crippen molar-refractivity contribution in [1.82, 2.24) is 9.97 Å². The molecular formula is C48H28N2S2. The van der Waals surface area contributed by atoms with Gasteiger partial charge in [-0.05, 0) is 97.3 Å². The van der Waals surface area contributed by atoms with E-state index in [2.05, 4.69) is 54.6 Å². The highest BCUT2D eigenvalue weighted by molar-refractivity contribution is 7.26. The Morgan fingerprint density at radius 3 is 2.08 bits per heavy atom. The van der Waals surface area contributed by atoms with Crippen molar-refractivity contribution in [2.24, 2.45) is 0 Å². The van der Waals surface area contributed by atoms with E-state index in [0.29, 0.717) is 11.1 Å². The molecule has 0 aliphatic heterocycles. The molecule has 4 heteroatoms. The van der Waals surface area contributed by atoms with Gasteiger partial charge in [-0.2, -0.15) is 0 Å². The molecule has 52 heavy (non-hydrogen) atoms. The Morgan fingerprint density at radius 2 is 1.15 bits per heavy atom. The molecule has 0 saturated heterocycles. The average molecular weight is 709 g/mol. The van der Waals surface area contributed by atoms with Crippen molar-refractivity contribution >= 4 is 84.7 Å². The maximum atomic E-state index is 9.38. The van der Waals surface area contributed by atoms with Gasteiger partial charge in [-0.25, -0.2) is 9.97 Å². The Balaban J connectivity index is 1.04. The summed E-state index contributed by atoms with van der Waals surface area (Å²) in [5.41, 5.74) is 4.62. The molecule has 0 saturated carbocycles. The standard InChI is InChI=1S/C48H28N2S2/c1-2-8-30-23-31(16-15-29(30)7-1)32-17-18-34-25-35(20-19-33(34)24-32)36-21-22-44-42(27-36)46-48(52-44)45(49-28-50-46)38-10-5-9-37(26-38)39-12-6-13-41-40-11-3-4-14-43(40)51-47(39)41/h1-28H/i1D,2D,7D,8D,15D,16D,17D,18D,19D,23D,24D,25D. The summed E-state index contributed by atoms with van der Waals surface area (Å²) in [6, 6.07) is 23.8. The zero-order valence-corrected chi connectivity index (χ0v) is 28.6. The van der Waals surface area contributed by atoms with Gasteiger partial charge in [-0.15, -0.1) is 22.7 Å². The van der Waals surface area contributed by atoms with E-state index in [1.165, 1.54) is 32.6 Å². The summed E-state index contributed by atoms with van der Waals surface area (Å²) < 4.78 is 110. The fourth-order valence-corrected chi connectivity index (χ4v) is 9.25. The number of thiophene rings is 2. The Kier molecular flexibility index (Phi) is 4.49. The smallest absolute Gasteiger partial charge is 0.116 e. The molecule has 0 aliphatic rings. The lowest BCUT2D eigenvalue weighted by Crippen LogP contribution is -1.87. The van der Waals surface area contributed by atoms with Crippen LogP contribution in [0.2, 0.25) is 0 Å². The topological polar surface area (TPSA) is 25.8 Å².